The van der Waals surface area contributed by atoms with Gasteiger partial charge in [-0.05, 0) is 38.1 Å². The number of carbonyl (C=O) groups is 1. The fraction of sp³-hybridized carbons (Fsp3) is 0.909. The second-order valence-electron chi connectivity index (χ2n) is 4.81. The lowest BCUT2D eigenvalue weighted by Crippen LogP contribution is -2.38. The van der Waals surface area contributed by atoms with Crippen molar-refractivity contribution in [3.05, 3.63) is 0 Å². The van der Waals surface area contributed by atoms with Crippen LogP contribution >= 0.6 is 0 Å². The quantitative estimate of drug-likeness (QED) is 0.724. The first-order valence-electron chi connectivity index (χ1n) is 5.80. The van der Waals surface area contributed by atoms with Gasteiger partial charge in [-0.1, -0.05) is 0 Å². The molecule has 3 atom stereocenters. The Morgan fingerprint density at radius 3 is 2.73 bits per heavy atom. The molecular weight excluding hydrogens is 194 g/mol. The van der Waals surface area contributed by atoms with Gasteiger partial charge >= 0.3 is 5.97 Å². The molecule has 2 rings (SSSR count). The van der Waals surface area contributed by atoms with Crippen LogP contribution in [0.3, 0.4) is 0 Å². The lowest BCUT2D eigenvalue weighted by atomic mass is 10.1. The topological polar surface area (TPSA) is 60.8 Å². The zero-order valence-corrected chi connectivity index (χ0v) is 8.93. The average Bonchev–Trinajstić information content (AvgIpc) is 2.72. The number of carboxylic acids is 1. The monoisotopic (exact) mass is 213 g/mol. The first kappa shape index (κ1) is 10.9. The lowest BCUT2D eigenvalue weighted by Gasteiger charge is -2.26. The van der Waals surface area contributed by atoms with E-state index in [1.807, 2.05) is 0 Å². The molecule has 2 fully saturated rings. The number of likely N-dealkylation sites (tertiary alicyclic amines) is 1. The maximum atomic E-state index is 10.6. The molecule has 0 spiro atoms. The molecule has 4 heteroatoms. The van der Waals surface area contributed by atoms with Gasteiger partial charge in [0.2, 0.25) is 0 Å². The molecule has 1 heterocycles. The number of rotatable bonds is 3. The van der Waals surface area contributed by atoms with Gasteiger partial charge in [-0.3, -0.25) is 9.69 Å². The smallest absolute Gasteiger partial charge is 0.303 e. The molecule has 0 amide bonds. The van der Waals surface area contributed by atoms with Gasteiger partial charge in [0, 0.05) is 19.0 Å². The van der Waals surface area contributed by atoms with Crippen molar-refractivity contribution in [2.45, 2.75) is 44.2 Å². The minimum Gasteiger partial charge on any atom is -0.481 e. The van der Waals surface area contributed by atoms with Gasteiger partial charge in [0.15, 0.2) is 0 Å². The van der Waals surface area contributed by atoms with Gasteiger partial charge in [0.25, 0.3) is 0 Å². The summed E-state index contributed by atoms with van der Waals surface area (Å²) in [5.74, 6) is -0.413. The SMILES string of the molecule is O=C(O)CC1CCN(C2CCCC2O)C1. The first-order valence-corrected chi connectivity index (χ1v) is 5.80. The van der Waals surface area contributed by atoms with E-state index in [-0.39, 0.29) is 18.4 Å². The van der Waals surface area contributed by atoms with Crippen LogP contribution in [0.4, 0.5) is 0 Å². The van der Waals surface area contributed by atoms with E-state index >= 15 is 0 Å². The first-order chi connectivity index (χ1) is 7.16. The summed E-state index contributed by atoms with van der Waals surface area (Å²) in [5, 5.41) is 18.5. The van der Waals surface area contributed by atoms with Crippen molar-refractivity contribution >= 4 is 5.97 Å². The minimum absolute atomic E-state index is 0.187. The molecule has 0 aromatic rings. The summed E-state index contributed by atoms with van der Waals surface area (Å²) in [6.07, 6.45) is 4.14. The number of hydrogen-bond donors (Lipinski definition) is 2. The van der Waals surface area contributed by atoms with Crippen molar-refractivity contribution in [3.63, 3.8) is 0 Å². The molecule has 1 aliphatic carbocycles. The summed E-state index contributed by atoms with van der Waals surface area (Å²) in [5.41, 5.74) is 0. The highest BCUT2D eigenvalue weighted by Gasteiger charge is 2.35. The maximum absolute atomic E-state index is 10.6. The molecule has 1 saturated carbocycles. The zero-order valence-electron chi connectivity index (χ0n) is 8.93. The van der Waals surface area contributed by atoms with Crippen LogP contribution in [0.25, 0.3) is 0 Å². The van der Waals surface area contributed by atoms with E-state index in [1.54, 1.807) is 0 Å². The van der Waals surface area contributed by atoms with E-state index in [2.05, 4.69) is 4.90 Å². The number of hydrogen-bond acceptors (Lipinski definition) is 3. The third-order valence-corrected chi connectivity index (χ3v) is 3.69. The predicted molar refractivity (Wildman–Crippen MR) is 55.6 cm³/mol. The van der Waals surface area contributed by atoms with Crippen molar-refractivity contribution < 1.29 is 15.0 Å². The number of nitrogens with zero attached hydrogens (tertiary/aromatic N) is 1. The third-order valence-electron chi connectivity index (χ3n) is 3.69. The Hall–Kier alpha value is -0.610. The van der Waals surface area contributed by atoms with Gasteiger partial charge in [0.1, 0.15) is 0 Å². The molecule has 1 saturated heterocycles. The summed E-state index contributed by atoms with van der Waals surface area (Å²) in [6.45, 7) is 1.81. The predicted octanol–water partition coefficient (Wildman–Crippen LogP) is 0.696. The van der Waals surface area contributed by atoms with Crippen LogP contribution in [0.5, 0.6) is 0 Å². The molecule has 0 aromatic heterocycles. The Balaban J connectivity index is 1.84. The van der Waals surface area contributed by atoms with Crippen LogP contribution in [0.2, 0.25) is 0 Å². The van der Waals surface area contributed by atoms with Gasteiger partial charge in [-0.15, -0.1) is 0 Å². The van der Waals surface area contributed by atoms with Crippen molar-refractivity contribution in [2.75, 3.05) is 13.1 Å². The molecule has 1 aliphatic heterocycles. The number of aliphatic hydroxyl groups is 1. The van der Waals surface area contributed by atoms with Crippen LogP contribution < -0.4 is 0 Å². The molecular formula is C11H19NO3. The zero-order chi connectivity index (χ0) is 10.8. The lowest BCUT2D eigenvalue weighted by molar-refractivity contribution is -0.138. The maximum Gasteiger partial charge on any atom is 0.303 e. The highest BCUT2D eigenvalue weighted by molar-refractivity contribution is 5.67. The third kappa shape index (κ3) is 2.49. The summed E-state index contributed by atoms with van der Waals surface area (Å²) < 4.78 is 0. The van der Waals surface area contributed by atoms with E-state index in [0.717, 1.165) is 38.8 Å². The summed E-state index contributed by atoms with van der Waals surface area (Å²) >= 11 is 0. The Bertz CT molecular complexity index is 244. The second-order valence-corrected chi connectivity index (χ2v) is 4.81. The molecule has 2 aliphatic rings. The van der Waals surface area contributed by atoms with E-state index in [4.69, 9.17) is 5.11 Å². The molecule has 0 radical (unpaired) electrons. The number of aliphatic hydroxyl groups excluding tert-OH is 1. The van der Waals surface area contributed by atoms with Crippen LogP contribution in [0, 0.1) is 5.92 Å². The molecule has 0 bridgehead atoms. The van der Waals surface area contributed by atoms with Crippen molar-refractivity contribution in [2.24, 2.45) is 5.92 Å². The molecule has 15 heavy (non-hydrogen) atoms. The van der Waals surface area contributed by atoms with Crippen LogP contribution in [-0.2, 0) is 4.79 Å². The standard InChI is InChI=1S/C11H19NO3/c13-10-3-1-2-9(10)12-5-4-8(7-12)6-11(14)15/h8-10,13H,1-7H2,(H,14,15). The van der Waals surface area contributed by atoms with Crippen molar-refractivity contribution in [1.82, 2.24) is 4.90 Å². The highest BCUT2D eigenvalue weighted by atomic mass is 16.4. The highest BCUT2D eigenvalue weighted by Crippen LogP contribution is 2.29. The Morgan fingerprint density at radius 2 is 2.13 bits per heavy atom. The van der Waals surface area contributed by atoms with Gasteiger partial charge in [0.05, 0.1) is 6.10 Å². The fourth-order valence-electron chi connectivity index (χ4n) is 2.92. The number of aliphatic carboxylic acids is 1. The van der Waals surface area contributed by atoms with E-state index in [1.165, 1.54) is 0 Å². The van der Waals surface area contributed by atoms with Crippen LogP contribution in [0.1, 0.15) is 32.1 Å². The Labute approximate surface area is 89.9 Å². The van der Waals surface area contributed by atoms with Gasteiger partial charge < -0.3 is 10.2 Å². The van der Waals surface area contributed by atoms with Crippen LogP contribution in [-0.4, -0.2) is 46.3 Å². The summed E-state index contributed by atoms with van der Waals surface area (Å²) in [4.78, 5) is 12.9. The molecule has 4 nitrogen and oxygen atoms in total. The van der Waals surface area contributed by atoms with E-state index < -0.39 is 5.97 Å². The Kier molecular flexibility index (Phi) is 3.26. The Morgan fingerprint density at radius 1 is 1.33 bits per heavy atom. The molecule has 3 unspecified atom stereocenters. The fourth-order valence-corrected chi connectivity index (χ4v) is 2.92. The molecule has 2 N–H and O–H groups in total. The normalized spacial score (nSPS) is 37.3. The van der Waals surface area contributed by atoms with Gasteiger partial charge in [-0.2, -0.15) is 0 Å². The average molecular weight is 213 g/mol. The van der Waals surface area contributed by atoms with Crippen molar-refractivity contribution in [3.8, 4) is 0 Å². The van der Waals surface area contributed by atoms with Crippen LogP contribution in [0.15, 0.2) is 0 Å². The van der Waals surface area contributed by atoms with E-state index in [0.29, 0.717) is 6.04 Å². The van der Waals surface area contributed by atoms with Gasteiger partial charge in [-0.25, -0.2) is 0 Å². The summed E-state index contributed by atoms with van der Waals surface area (Å²) in [7, 11) is 0. The summed E-state index contributed by atoms with van der Waals surface area (Å²) in [6, 6.07) is 0.295. The number of carboxylic acid groups (broad SMARTS) is 1. The second kappa shape index (κ2) is 4.49. The minimum atomic E-state index is -0.700. The van der Waals surface area contributed by atoms with Crippen molar-refractivity contribution in [1.29, 1.82) is 0 Å². The van der Waals surface area contributed by atoms with E-state index in [9.17, 15) is 9.90 Å². The molecule has 0 aromatic carbocycles. The largest absolute Gasteiger partial charge is 0.481 e. The molecule has 86 valence electrons.